The molecule has 140 valence electrons. The first-order chi connectivity index (χ1) is 12.2. The number of imide groups is 1. The van der Waals surface area contributed by atoms with E-state index < -0.39 is 35.1 Å². The van der Waals surface area contributed by atoms with Crippen LogP contribution in [0.2, 0.25) is 0 Å². The zero-order valence-electron chi connectivity index (χ0n) is 14.6. The zero-order valence-corrected chi connectivity index (χ0v) is 14.6. The highest BCUT2D eigenvalue weighted by Crippen LogP contribution is 2.20. The van der Waals surface area contributed by atoms with Crippen molar-refractivity contribution in [2.75, 3.05) is 17.2 Å². The first-order valence-electron chi connectivity index (χ1n) is 7.93. The van der Waals surface area contributed by atoms with E-state index in [0.29, 0.717) is 17.1 Å². The van der Waals surface area contributed by atoms with Gasteiger partial charge in [0.25, 0.3) is 11.8 Å². The number of carbonyl (C=O) groups is 4. The van der Waals surface area contributed by atoms with Gasteiger partial charge in [-0.25, -0.2) is 9.18 Å². The Labute approximate surface area is 149 Å². The molecule has 26 heavy (non-hydrogen) atoms. The average molecular weight is 365 g/mol. The molecule has 1 aromatic rings. The molecular weight excluding hydrogens is 345 g/mol. The van der Waals surface area contributed by atoms with Crippen molar-refractivity contribution in [2.45, 2.75) is 32.7 Å². The second kappa shape index (κ2) is 7.38. The number of anilines is 2. The number of benzene rings is 1. The number of nitrogens with zero attached hydrogens (tertiary/aromatic N) is 1. The Kier molecular flexibility index (Phi) is 5.44. The molecule has 5 amide bonds. The van der Waals surface area contributed by atoms with Gasteiger partial charge in [-0.15, -0.1) is 0 Å². The topological polar surface area (TPSA) is 120 Å². The maximum absolute atomic E-state index is 13.6. The van der Waals surface area contributed by atoms with E-state index >= 15 is 0 Å². The number of hydrogen-bond acceptors (Lipinski definition) is 5. The number of rotatable bonds is 6. The highest BCUT2D eigenvalue weighted by atomic mass is 19.1. The van der Waals surface area contributed by atoms with E-state index in [1.807, 2.05) is 0 Å². The van der Waals surface area contributed by atoms with Gasteiger partial charge in [0.15, 0.2) is 0 Å². The van der Waals surface area contributed by atoms with Crippen LogP contribution in [0.15, 0.2) is 18.2 Å². The number of hydrazine groups is 1. The second-order valence-electron chi connectivity index (χ2n) is 6.02. The van der Waals surface area contributed by atoms with Gasteiger partial charge >= 0.3 is 6.03 Å². The van der Waals surface area contributed by atoms with E-state index in [0.717, 1.165) is 6.07 Å². The standard InChI is InChI=1S/C16H20FN5O4/c1-4-16(3)14(25)22(15(26)20-16)21-13(24)8-18-10-5-6-11(17)12(7-10)19-9(2)23/h5-7,18H,4,8H2,1-3H3,(H,19,23)(H,20,26)(H,21,24). The Morgan fingerprint density at radius 2 is 2.00 bits per heavy atom. The highest BCUT2D eigenvalue weighted by molar-refractivity contribution is 6.07. The van der Waals surface area contributed by atoms with Crippen molar-refractivity contribution in [2.24, 2.45) is 0 Å². The number of hydrogen-bond donors (Lipinski definition) is 4. The fraction of sp³-hybridized carbons (Fsp3) is 0.375. The SMILES string of the molecule is CCC1(C)NC(=O)N(NC(=O)CNc2ccc(F)c(NC(C)=O)c2)C1=O. The van der Waals surface area contributed by atoms with Gasteiger partial charge < -0.3 is 16.0 Å². The minimum atomic E-state index is -1.05. The van der Waals surface area contributed by atoms with Crippen LogP contribution in [0.25, 0.3) is 0 Å². The summed E-state index contributed by atoms with van der Waals surface area (Å²) in [6, 6.07) is 3.14. The molecule has 10 heteroatoms. The molecule has 0 radical (unpaired) electrons. The molecule has 1 saturated heterocycles. The second-order valence-corrected chi connectivity index (χ2v) is 6.02. The summed E-state index contributed by atoms with van der Waals surface area (Å²) in [5.74, 6) is -2.24. The molecule has 0 saturated carbocycles. The van der Waals surface area contributed by atoms with Crippen LogP contribution in [-0.2, 0) is 14.4 Å². The third kappa shape index (κ3) is 4.08. The van der Waals surface area contributed by atoms with Crippen LogP contribution in [0.5, 0.6) is 0 Å². The van der Waals surface area contributed by atoms with Gasteiger partial charge in [-0.2, -0.15) is 5.01 Å². The quantitative estimate of drug-likeness (QED) is 0.560. The zero-order chi connectivity index (χ0) is 19.5. The van der Waals surface area contributed by atoms with Crippen LogP contribution in [0.1, 0.15) is 27.2 Å². The maximum atomic E-state index is 13.6. The van der Waals surface area contributed by atoms with Crippen LogP contribution in [-0.4, -0.2) is 40.8 Å². The number of nitrogens with one attached hydrogen (secondary N) is 4. The van der Waals surface area contributed by atoms with Crippen molar-refractivity contribution in [1.29, 1.82) is 0 Å². The molecular formula is C16H20FN5O4. The first-order valence-corrected chi connectivity index (χ1v) is 7.93. The molecule has 0 bridgehead atoms. The summed E-state index contributed by atoms with van der Waals surface area (Å²) in [7, 11) is 0. The Morgan fingerprint density at radius 1 is 1.31 bits per heavy atom. The fourth-order valence-corrected chi connectivity index (χ4v) is 2.29. The van der Waals surface area contributed by atoms with E-state index in [9.17, 15) is 23.6 Å². The Hall–Kier alpha value is -3.17. The molecule has 0 spiro atoms. The lowest BCUT2D eigenvalue weighted by molar-refractivity contribution is -0.138. The van der Waals surface area contributed by atoms with E-state index in [2.05, 4.69) is 21.4 Å². The Morgan fingerprint density at radius 3 is 2.58 bits per heavy atom. The van der Waals surface area contributed by atoms with Gasteiger partial charge in [0.2, 0.25) is 5.91 Å². The Bertz CT molecular complexity index is 769. The van der Waals surface area contributed by atoms with E-state index in [1.165, 1.54) is 19.1 Å². The van der Waals surface area contributed by atoms with Gasteiger partial charge in [0.05, 0.1) is 12.2 Å². The van der Waals surface area contributed by atoms with Crippen LogP contribution in [0.3, 0.4) is 0 Å². The van der Waals surface area contributed by atoms with Gasteiger partial charge in [0.1, 0.15) is 11.4 Å². The predicted octanol–water partition coefficient (Wildman–Crippen LogP) is 0.948. The summed E-state index contributed by atoms with van der Waals surface area (Å²) in [5, 5.41) is 8.20. The third-order valence-corrected chi connectivity index (χ3v) is 3.93. The molecule has 0 aliphatic carbocycles. The fourth-order valence-electron chi connectivity index (χ4n) is 2.29. The van der Waals surface area contributed by atoms with Crippen molar-refractivity contribution in [3.63, 3.8) is 0 Å². The molecule has 9 nitrogen and oxygen atoms in total. The summed E-state index contributed by atoms with van der Waals surface area (Å²) in [6.45, 7) is 4.28. The summed E-state index contributed by atoms with van der Waals surface area (Å²) in [5.41, 5.74) is 1.51. The molecule has 1 fully saturated rings. The average Bonchev–Trinajstić information content (AvgIpc) is 2.79. The van der Waals surface area contributed by atoms with Gasteiger partial charge in [0, 0.05) is 12.6 Å². The molecule has 1 aliphatic heterocycles. The van der Waals surface area contributed by atoms with Gasteiger partial charge in [-0.3, -0.25) is 19.8 Å². The van der Waals surface area contributed by atoms with E-state index in [1.54, 1.807) is 13.8 Å². The smallest absolute Gasteiger partial charge is 0.344 e. The number of carbonyl (C=O) groups excluding carboxylic acids is 4. The first kappa shape index (κ1) is 19.2. The lowest BCUT2D eigenvalue weighted by Crippen LogP contribution is -2.50. The molecule has 1 aliphatic rings. The molecule has 1 unspecified atom stereocenters. The molecule has 1 atom stereocenters. The van der Waals surface area contributed by atoms with Crippen molar-refractivity contribution >= 4 is 35.1 Å². The van der Waals surface area contributed by atoms with Crippen LogP contribution in [0.4, 0.5) is 20.6 Å². The third-order valence-electron chi connectivity index (χ3n) is 3.93. The minimum Gasteiger partial charge on any atom is -0.376 e. The highest BCUT2D eigenvalue weighted by Gasteiger charge is 2.47. The van der Waals surface area contributed by atoms with Gasteiger partial charge in [-0.05, 0) is 31.5 Å². The molecule has 1 aromatic carbocycles. The predicted molar refractivity (Wildman–Crippen MR) is 91.4 cm³/mol. The van der Waals surface area contributed by atoms with Crippen LogP contribution in [0, 0.1) is 5.82 Å². The normalized spacial score (nSPS) is 19.2. The van der Waals surface area contributed by atoms with Crippen molar-refractivity contribution < 1.29 is 23.6 Å². The largest absolute Gasteiger partial charge is 0.376 e. The van der Waals surface area contributed by atoms with Crippen molar-refractivity contribution in [3.8, 4) is 0 Å². The lowest BCUT2D eigenvalue weighted by Gasteiger charge is -2.19. The summed E-state index contributed by atoms with van der Waals surface area (Å²) >= 11 is 0. The number of urea groups is 1. The van der Waals surface area contributed by atoms with Crippen molar-refractivity contribution in [3.05, 3.63) is 24.0 Å². The molecule has 4 N–H and O–H groups in total. The summed E-state index contributed by atoms with van der Waals surface area (Å²) in [4.78, 5) is 47.1. The monoisotopic (exact) mass is 365 g/mol. The van der Waals surface area contributed by atoms with Crippen LogP contribution >= 0.6 is 0 Å². The minimum absolute atomic E-state index is 0.0317. The van der Waals surface area contributed by atoms with Crippen molar-refractivity contribution in [1.82, 2.24) is 15.8 Å². The number of amides is 5. The summed E-state index contributed by atoms with van der Waals surface area (Å²) in [6.07, 6.45) is 0.379. The molecule has 0 aromatic heterocycles. The molecule has 2 rings (SSSR count). The molecule has 1 heterocycles. The Balaban J connectivity index is 1.96. The maximum Gasteiger partial charge on any atom is 0.344 e. The lowest BCUT2D eigenvalue weighted by atomic mass is 10.00. The van der Waals surface area contributed by atoms with Gasteiger partial charge in [-0.1, -0.05) is 6.92 Å². The summed E-state index contributed by atoms with van der Waals surface area (Å²) < 4.78 is 13.6. The van der Waals surface area contributed by atoms with E-state index in [-0.39, 0.29) is 12.2 Å². The number of halogens is 1. The van der Waals surface area contributed by atoms with Crippen LogP contribution < -0.4 is 21.4 Å². The van der Waals surface area contributed by atoms with E-state index in [4.69, 9.17) is 0 Å².